The Kier molecular flexibility index (Phi) is 3.84. The highest BCUT2D eigenvalue weighted by atomic mass is 16.3. The molecule has 1 aliphatic carbocycles. The number of rotatable bonds is 1. The maximum atomic E-state index is 11.9. The van der Waals surface area contributed by atoms with E-state index in [0.29, 0.717) is 12.8 Å². The molecule has 1 fully saturated rings. The summed E-state index contributed by atoms with van der Waals surface area (Å²) in [4.78, 5) is 11.9. The van der Waals surface area contributed by atoms with Crippen molar-refractivity contribution in [2.45, 2.75) is 38.7 Å². The first-order valence-corrected chi connectivity index (χ1v) is 6.42. The van der Waals surface area contributed by atoms with Gasteiger partial charge in [0.2, 0.25) is 0 Å². The van der Waals surface area contributed by atoms with Gasteiger partial charge in [-0.2, -0.15) is 0 Å². The fourth-order valence-electron chi connectivity index (χ4n) is 2.50. The molecule has 0 amide bonds. The van der Waals surface area contributed by atoms with Crippen LogP contribution in [0.25, 0.3) is 0 Å². The van der Waals surface area contributed by atoms with E-state index in [2.05, 4.69) is 11.8 Å². The third kappa shape index (κ3) is 2.47. The van der Waals surface area contributed by atoms with E-state index in [1.54, 1.807) is 0 Å². The van der Waals surface area contributed by atoms with Gasteiger partial charge in [-0.05, 0) is 31.9 Å². The largest absolute Gasteiger partial charge is 0.391 e. The van der Waals surface area contributed by atoms with Crippen molar-refractivity contribution < 1.29 is 9.90 Å². The van der Waals surface area contributed by atoms with Crippen LogP contribution in [-0.2, 0) is 4.79 Å². The van der Waals surface area contributed by atoms with Gasteiger partial charge in [0.05, 0.1) is 6.10 Å². The van der Waals surface area contributed by atoms with E-state index in [-0.39, 0.29) is 5.78 Å². The van der Waals surface area contributed by atoms with E-state index in [1.807, 2.05) is 30.3 Å². The van der Waals surface area contributed by atoms with Crippen molar-refractivity contribution in [3.05, 3.63) is 35.9 Å². The number of aliphatic hydroxyl groups is 1. The average molecular weight is 242 g/mol. The van der Waals surface area contributed by atoms with E-state index in [4.69, 9.17) is 0 Å². The highest BCUT2D eigenvalue weighted by Gasteiger charge is 2.42. The van der Waals surface area contributed by atoms with Gasteiger partial charge in [-0.1, -0.05) is 42.9 Å². The fourth-order valence-corrected chi connectivity index (χ4v) is 2.50. The first-order valence-electron chi connectivity index (χ1n) is 6.42. The molecular weight excluding hydrogens is 224 g/mol. The van der Waals surface area contributed by atoms with Crippen molar-refractivity contribution >= 4 is 5.78 Å². The van der Waals surface area contributed by atoms with Crippen LogP contribution in [0.4, 0.5) is 0 Å². The van der Waals surface area contributed by atoms with Gasteiger partial charge >= 0.3 is 0 Å². The van der Waals surface area contributed by atoms with E-state index < -0.39 is 11.5 Å². The molecule has 0 aromatic heterocycles. The Morgan fingerprint density at radius 2 is 2.06 bits per heavy atom. The normalized spacial score (nSPS) is 27.1. The summed E-state index contributed by atoms with van der Waals surface area (Å²) in [6.45, 7) is 1.54. The van der Waals surface area contributed by atoms with Crippen LogP contribution in [0.1, 0.15) is 38.2 Å². The molecule has 1 aliphatic rings. The van der Waals surface area contributed by atoms with Crippen LogP contribution in [0.3, 0.4) is 0 Å². The lowest BCUT2D eigenvalue weighted by Gasteiger charge is -2.35. The van der Waals surface area contributed by atoms with E-state index in [0.717, 1.165) is 18.4 Å². The predicted octanol–water partition coefficient (Wildman–Crippen LogP) is 2.55. The molecule has 0 radical (unpaired) electrons. The zero-order valence-corrected chi connectivity index (χ0v) is 10.6. The topological polar surface area (TPSA) is 37.3 Å². The molecule has 1 saturated carbocycles. The van der Waals surface area contributed by atoms with Crippen LogP contribution in [-0.4, -0.2) is 17.0 Å². The Bertz CT molecular complexity index is 481. The van der Waals surface area contributed by atoms with Gasteiger partial charge in [0.25, 0.3) is 0 Å². The summed E-state index contributed by atoms with van der Waals surface area (Å²) < 4.78 is 0. The van der Waals surface area contributed by atoms with Gasteiger partial charge in [-0.25, -0.2) is 0 Å². The quantitative estimate of drug-likeness (QED) is 0.768. The molecule has 0 heterocycles. The van der Waals surface area contributed by atoms with Gasteiger partial charge in [0, 0.05) is 5.56 Å². The molecule has 2 rings (SSSR count). The summed E-state index contributed by atoms with van der Waals surface area (Å²) in [6, 6.07) is 9.59. The van der Waals surface area contributed by atoms with Crippen molar-refractivity contribution in [2.24, 2.45) is 5.41 Å². The third-order valence-electron chi connectivity index (χ3n) is 3.70. The van der Waals surface area contributed by atoms with Crippen molar-refractivity contribution in [1.82, 2.24) is 0 Å². The highest BCUT2D eigenvalue weighted by Crippen LogP contribution is 2.37. The molecule has 0 aliphatic heterocycles. The monoisotopic (exact) mass is 242 g/mol. The van der Waals surface area contributed by atoms with Gasteiger partial charge in [-0.15, -0.1) is 0 Å². The minimum atomic E-state index is -0.853. The SMILES string of the molecule is CC(=O)[C@]1(C#Cc2ccccc2)CCCC[C@@H]1O. The zero-order valence-electron chi connectivity index (χ0n) is 10.6. The molecular formula is C16H18O2. The highest BCUT2D eigenvalue weighted by molar-refractivity contribution is 5.86. The second-order valence-corrected chi connectivity index (χ2v) is 4.91. The minimum absolute atomic E-state index is 0.0156. The molecule has 18 heavy (non-hydrogen) atoms. The molecule has 1 N–H and O–H groups in total. The van der Waals surface area contributed by atoms with Crippen LogP contribution in [0.15, 0.2) is 30.3 Å². The lowest BCUT2D eigenvalue weighted by molar-refractivity contribution is -0.131. The second-order valence-electron chi connectivity index (χ2n) is 4.91. The molecule has 1 aromatic carbocycles. The number of benzene rings is 1. The summed E-state index contributed by atoms with van der Waals surface area (Å²) in [5, 5.41) is 10.1. The smallest absolute Gasteiger partial charge is 0.150 e. The van der Waals surface area contributed by atoms with Gasteiger partial charge in [-0.3, -0.25) is 4.79 Å². The standard InChI is InChI=1S/C16H18O2/c1-13(17)16(11-6-5-9-15(16)18)12-10-14-7-3-2-4-8-14/h2-4,7-8,15,18H,5-6,9,11H2,1H3/t15-,16+/m0/s1. The fraction of sp³-hybridized carbons (Fsp3) is 0.438. The molecule has 2 heteroatoms. The Morgan fingerprint density at radius 3 is 2.67 bits per heavy atom. The van der Waals surface area contributed by atoms with E-state index in [9.17, 15) is 9.90 Å². The molecule has 94 valence electrons. The predicted molar refractivity (Wildman–Crippen MR) is 70.9 cm³/mol. The first-order chi connectivity index (χ1) is 8.65. The Balaban J connectivity index is 2.32. The maximum absolute atomic E-state index is 11.9. The molecule has 0 spiro atoms. The summed E-state index contributed by atoms with van der Waals surface area (Å²) in [5.41, 5.74) is 0.0320. The number of carbonyl (C=O) groups excluding carboxylic acids is 1. The van der Waals surface area contributed by atoms with Gasteiger partial charge in [0.1, 0.15) is 11.2 Å². The number of hydrogen-bond donors (Lipinski definition) is 1. The third-order valence-corrected chi connectivity index (χ3v) is 3.70. The number of ketones is 1. The minimum Gasteiger partial charge on any atom is -0.391 e. The lowest BCUT2D eigenvalue weighted by Crippen LogP contribution is -2.42. The van der Waals surface area contributed by atoms with Crippen molar-refractivity contribution in [3.63, 3.8) is 0 Å². The van der Waals surface area contributed by atoms with Crippen LogP contribution < -0.4 is 0 Å². The van der Waals surface area contributed by atoms with Crippen LogP contribution in [0.5, 0.6) is 0 Å². The molecule has 1 aromatic rings. The maximum Gasteiger partial charge on any atom is 0.150 e. The van der Waals surface area contributed by atoms with E-state index >= 15 is 0 Å². The summed E-state index contributed by atoms with van der Waals surface area (Å²) in [6.07, 6.45) is 2.65. The zero-order chi connectivity index (χ0) is 13.0. The van der Waals surface area contributed by atoms with Crippen LogP contribution in [0.2, 0.25) is 0 Å². The summed E-state index contributed by atoms with van der Waals surface area (Å²) in [5.74, 6) is 6.07. The average Bonchev–Trinajstić information content (AvgIpc) is 2.39. The van der Waals surface area contributed by atoms with Gasteiger partial charge in [0.15, 0.2) is 0 Å². The van der Waals surface area contributed by atoms with Gasteiger partial charge < -0.3 is 5.11 Å². The van der Waals surface area contributed by atoms with Crippen LogP contribution in [0, 0.1) is 17.3 Å². The van der Waals surface area contributed by atoms with Crippen molar-refractivity contribution in [3.8, 4) is 11.8 Å². The molecule has 0 saturated heterocycles. The number of aliphatic hydroxyl groups excluding tert-OH is 1. The number of carbonyl (C=O) groups is 1. The van der Waals surface area contributed by atoms with Crippen molar-refractivity contribution in [2.75, 3.05) is 0 Å². The number of Topliss-reactive ketones (excluding diaryl/α,β-unsaturated/α-hetero) is 1. The van der Waals surface area contributed by atoms with E-state index in [1.165, 1.54) is 6.92 Å². The Hall–Kier alpha value is -1.59. The Morgan fingerprint density at radius 1 is 1.33 bits per heavy atom. The second kappa shape index (κ2) is 5.37. The Labute approximate surface area is 108 Å². The molecule has 2 atom stereocenters. The number of hydrogen-bond acceptors (Lipinski definition) is 2. The molecule has 0 bridgehead atoms. The summed E-state index contributed by atoms with van der Waals surface area (Å²) in [7, 11) is 0. The molecule has 2 nitrogen and oxygen atoms in total. The molecule has 0 unspecified atom stereocenters. The van der Waals surface area contributed by atoms with Crippen molar-refractivity contribution in [1.29, 1.82) is 0 Å². The first kappa shape index (κ1) is 12.9. The van der Waals surface area contributed by atoms with Crippen LogP contribution >= 0.6 is 0 Å². The lowest BCUT2D eigenvalue weighted by atomic mass is 9.69. The summed E-state index contributed by atoms with van der Waals surface area (Å²) >= 11 is 0.